The van der Waals surface area contributed by atoms with Crippen LogP contribution in [0.15, 0.2) is 47.7 Å². The van der Waals surface area contributed by atoms with Crippen LogP contribution in [0.4, 0.5) is 11.4 Å². The van der Waals surface area contributed by atoms with E-state index in [1.54, 1.807) is 0 Å². The fourth-order valence-corrected chi connectivity index (χ4v) is 5.92. The number of anilines is 2. The molecule has 176 valence electrons. The molecule has 0 spiro atoms. The molecule has 1 aromatic rings. The lowest BCUT2D eigenvalue weighted by molar-refractivity contribution is -0.134. The molecule has 1 fully saturated rings. The number of hydrogen-bond donors (Lipinski definition) is 1. The van der Waals surface area contributed by atoms with Gasteiger partial charge in [-0.15, -0.1) is 0 Å². The van der Waals surface area contributed by atoms with Crippen molar-refractivity contribution in [3.63, 3.8) is 0 Å². The van der Waals surface area contributed by atoms with Gasteiger partial charge in [0.25, 0.3) is 0 Å². The zero-order valence-electron chi connectivity index (χ0n) is 19.8. The van der Waals surface area contributed by atoms with Crippen LogP contribution >= 0.6 is 0 Å². The lowest BCUT2D eigenvalue weighted by Crippen LogP contribution is -2.52. The number of allylic oxidation sites excluding steroid dienone is 3. The Morgan fingerprint density at radius 1 is 1.15 bits per heavy atom. The second kappa shape index (κ2) is 8.98. The number of morpholine rings is 1. The summed E-state index contributed by atoms with van der Waals surface area (Å²) in [6, 6.07) is 8.11. The Hall–Kier alpha value is -2.60. The van der Waals surface area contributed by atoms with Gasteiger partial charge in [-0.1, -0.05) is 38.1 Å². The van der Waals surface area contributed by atoms with Crippen molar-refractivity contribution in [1.82, 2.24) is 4.90 Å². The normalized spacial score (nSPS) is 26.9. The molecule has 4 aliphatic rings. The highest BCUT2D eigenvalue weighted by atomic mass is 16.5. The number of fused-ring (bicyclic) bond motifs is 1. The maximum atomic E-state index is 13.7. The van der Waals surface area contributed by atoms with Gasteiger partial charge in [-0.3, -0.25) is 9.59 Å². The Bertz CT molecular complexity index is 990. The highest BCUT2D eigenvalue weighted by Gasteiger charge is 2.44. The van der Waals surface area contributed by atoms with E-state index >= 15 is 0 Å². The van der Waals surface area contributed by atoms with Crippen molar-refractivity contribution in [2.45, 2.75) is 52.0 Å². The Morgan fingerprint density at radius 3 is 2.70 bits per heavy atom. The second-order valence-corrected chi connectivity index (χ2v) is 10.6. The lowest BCUT2D eigenvalue weighted by Gasteiger charge is -2.42. The number of hydrogen-bond acceptors (Lipinski definition) is 5. The summed E-state index contributed by atoms with van der Waals surface area (Å²) in [5.41, 5.74) is 3.87. The third-order valence-corrected chi connectivity index (χ3v) is 7.48. The van der Waals surface area contributed by atoms with Crippen molar-refractivity contribution in [2.75, 3.05) is 43.1 Å². The first-order valence-corrected chi connectivity index (χ1v) is 12.3. The van der Waals surface area contributed by atoms with Crippen LogP contribution in [0.5, 0.6) is 0 Å². The Balaban J connectivity index is 1.60. The molecular formula is C27H35N3O3. The number of rotatable bonds is 3. The minimum atomic E-state index is -0.102. The van der Waals surface area contributed by atoms with Crippen LogP contribution in [-0.4, -0.2) is 55.5 Å². The van der Waals surface area contributed by atoms with Gasteiger partial charge in [0.05, 0.1) is 37.2 Å². The molecule has 1 amide bonds. The van der Waals surface area contributed by atoms with Gasteiger partial charge in [0.1, 0.15) is 0 Å². The summed E-state index contributed by atoms with van der Waals surface area (Å²) < 4.78 is 5.46. The van der Waals surface area contributed by atoms with Gasteiger partial charge in [-0.05, 0) is 49.1 Å². The van der Waals surface area contributed by atoms with Crippen LogP contribution in [0, 0.1) is 11.3 Å². The van der Waals surface area contributed by atoms with Gasteiger partial charge in [0.15, 0.2) is 5.78 Å². The van der Waals surface area contributed by atoms with E-state index in [4.69, 9.17) is 4.74 Å². The molecular weight excluding hydrogens is 414 g/mol. The fraction of sp³-hybridized carbons (Fsp3) is 0.556. The molecule has 6 nitrogen and oxygen atoms in total. The van der Waals surface area contributed by atoms with Crippen molar-refractivity contribution in [2.24, 2.45) is 11.3 Å². The number of ether oxygens (including phenoxy) is 1. The maximum absolute atomic E-state index is 13.7. The Kier molecular flexibility index (Phi) is 6.04. The number of carbonyl (C=O) groups is 2. The van der Waals surface area contributed by atoms with E-state index in [-0.39, 0.29) is 29.7 Å². The standard InChI is InChI=1S/C27H35N3O3/c1-27(2)16-21-25(23(31)17-27)26(19-8-4-3-5-9-19)30(22-11-7-6-10-20(22)28-21)18-24(32)29-12-14-33-15-13-29/h3-4,6-7,10-11,19,26,28H,5,8-9,12-18H2,1-2H3/t19-,26+/m1/s1. The van der Waals surface area contributed by atoms with Gasteiger partial charge < -0.3 is 19.9 Å². The molecule has 2 heterocycles. The zero-order chi connectivity index (χ0) is 23.0. The van der Waals surface area contributed by atoms with E-state index in [2.05, 4.69) is 48.3 Å². The van der Waals surface area contributed by atoms with Crippen molar-refractivity contribution < 1.29 is 14.3 Å². The summed E-state index contributed by atoms with van der Waals surface area (Å²) in [6.07, 6.45) is 8.85. The molecule has 0 radical (unpaired) electrons. The van der Waals surface area contributed by atoms with Gasteiger partial charge in [-0.25, -0.2) is 0 Å². The first kappa shape index (κ1) is 22.2. The van der Waals surface area contributed by atoms with Crippen molar-refractivity contribution in [3.05, 3.63) is 47.7 Å². The Labute approximate surface area is 196 Å². The Morgan fingerprint density at radius 2 is 1.94 bits per heavy atom. The minimum absolute atomic E-state index is 0.0757. The summed E-state index contributed by atoms with van der Waals surface area (Å²) in [6.45, 7) is 7.05. The van der Waals surface area contributed by atoms with E-state index in [1.807, 2.05) is 17.0 Å². The molecule has 0 saturated carbocycles. The molecule has 0 bridgehead atoms. The summed E-state index contributed by atoms with van der Waals surface area (Å²) in [7, 11) is 0. The van der Waals surface area contributed by atoms with Crippen LogP contribution in [0.2, 0.25) is 0 Å². The number of nitrogens with zero attached hydrogens (tertiary/aromatic N) is 2. The highest BCUT2D eigenvalue weighted by Crippen LogP contribution is 2.46. The van der Waals surface area contributed by atoms with E-state index in [9.17, 15) is 9.59 Å². The number of para-hydroxylation sites is 2. The first-order chi connectivity index (χ1) is 15.9. The number of nitrogens with one attached hydrogen (secondary N) is 1. The summed E-state index contributed by atoms with van der Waals surface area (Å²) in [5, 5.41) is 3.65. The predicted molar refractivity (Wildman–Crippen MR) is 130 cm³/mol. The van der Waals surface area contributed by atoms with E-state index in [0.717, 1.165) is 48.3 Å². The van der Waals surface area contributed by atoms with Crippen LogP contribution in [0.3, 0.4) is 0 Å². The van der Waals surface area contributed by atoms with E-state index in [0.29, 0.717) is 38.6 Å². The van der Waals surface area contributed by atoms with Crippen LogP contribution in [-0.2, 0) is 14.3 Å². The van der Waals surface area contributed by atoms with Gasteiger partial charge in [-0.2, -0.15) is 0 Å². The van der Waals surface area contributed by atoms with Crippen molar-refractivity contribution >= 4 is 23.1 Å². The number of Topliss-reactive ketones (excluding diaryl/α,β-unsaturated/α-hetero) is 1. The molecule has 6 heteroatoms. The van der Waals surface area contributed by atoms with Gasteiger partial charge in [0.2, 0.25) is 5.91 Å². The average Bonchev–Trinajstić information content (AvgIpc) is 2.94. The smallest absolute Gasteiger partial charge is 0.242 e. The van der Waals surface area contributed by atoms with Crippen molar-refractivity contribution in [3.8, 4) is 0 Å². The molecule has 5 rings (SSSR count). The molecule has 0 aromatic heterocycles. The third kappa shape index (κ3) is 4.45. The molecule has 2 aliphatic heterocycles. The quantitative estimate of drug-likeness (QED) is 0.703. The van der Waals surface area contributed by atoms with Crippen LogP contribution in [0.1, 0.15) is 46.0 Å². The average molecular weight is 450 g/mol. The van der Waals surface area contributed by atoms with Crippen LogP contribution in [0.25, 0.3) is 0 Å². The highest BCUT2D eigenvalue weighted by molar-refractivity contribution is 6.01. The molecule has 1 N–H and O–H groups in total. The number of benzene rings is 1. The number of ketones is 1. The lowest BCUT2D eigenvalue weighted by atomic mass is 9.71. The zero-order valence-corrected chi connectivity index (χ0v) is 19.8. The van der Waals surface area contributed by atoms with Gasteiger partial charge >= 0.3 is 0 Å². The second-order valence-electron chi connectivity index (χ2n) is 10.6. The number of carbonyl (C=O) groups excluding carboxylic acids is 2. The fourth-order valence-electron chi connectivity index (χ4n) is 5.92. The van der Waals surface area contributed by atoms with Gasteiger partial charge in [0, 0.05) is 30.8 Å². The topological polar surface area (TPSA) is 61.9 Å². The molecule has 2 atom stereocenters. The molecule has 2 aliphatic carbocycles. The monoisotopic (exact) mass is 449 g/mol. The van der Waals surface area contributed by atoms with E-state index in [1.165, 1.54) is 0 Å². The first-order valence-electron chi connectivity index (χ1n) is 12.3. The molecule has 0 unspecified atom stereocenters. The van der Waals surface area contributed by atoms with E-state index < -0.39 is 0 Å². The third-order valence-electron chi connectivity index (χ3n) is 7.48. The molecule has 33 heavy (non-hydrogen) atoms. The van der Waals surface area contributed by atoms with Crippen LogP contribution < -0.4 is 10.2 Å². The number of amides is 1. The minimum Gasteiger partial charge on any atom is -0.378 e. The predicted octanol–water partition coefficient (Wildman–Crippen LogP) is 4.15. The summed E-state index contributed by atoms with van der Waals surface area (Å²) in [4.78, 5) is 31.3. The maximum Gasteiger partial charge on any atom is 0.242 e. The van der Waals surface area contributed by atoms with Crippen molar-refractivity contribution in [1.29, 1.82) is 0 Å². The summed E-state index contributed by atoms with van der Waals surface area (Å²) >= 11 is 0. The molecule has 1 saturated heterocycles. The largest absolute Gasteiger partial charge is 0.378 e. The summed E-state index contributed by atoms with van der Waals surface area (Å²) in [5.74, 6) is 0.637. The molecule has 1 aromatic carbocycles. The SMILES string of the molecule is CC1(C)CC(=O)C2=C(C1)Nc1ccccc1N(CC(=O)N1CCOCC1)[C@H]2[C@@H]1CC=CCC1.